The maximum absolute atomic E-state index is 12.4. The lowest BCUT2D eigenvalue weighted by Gasteiger charge is -2.32. The third-order valence-corrected chi connectivity index (χ3v) is 7.46. The standard InChI is InChI=1S/C33H39N3O7/c1-33(2)41-22-26-20-25(14-15-28(26)43-33)29-21-36(32(39)42-29)16-6-3-4-7-17-40-18-8-5-9-23-10-12-24(13-11-23)19-27-30(37)35-31(38)34-27/h10-15,20,29,37H,3-4,6-8,16-19,21-22H2,1-2H3,(H2,34,35,38). The number of amides is 1. The molecule has 10 nitrogen and oxygen atoms in total. The second-order valence-electron chi connectivity index (χ2n) is 11.3. The van der Waals surface area contributed by atoms with Crippen LogP contribution in [0.15, 0.2) is 47.3 Å². The quantitative estimate of drug-likeness (QED) is 0.197. The summed E-state index contributed by atoms with van der Waals surface area (Å²) in [5, 5.41) is 9.69. The van der Waals surface area contributed by atoms with Crippen molar-refractivity contribution in [3.05, 3.63) is 80.9 Å². The van der Waals surface area contributed by atoms with Gasteiger partial charge in [-0.3, -0.25) is 4.98 Å². The van der Waals surface area contributed by atoms with Crippen molar-refractivity contribution >= 4 is 6.09 Å². The van der Waals surface area contributed by atoms with Crippen molar-refractivity contribution in [2.45, 2.75) is 70.9 Å². The lowest BCUT2D eigenvalue weighted by atomic mass is 10.0. The van der Waals surface area contributed by atoms with Gasteiger partial charge in [0.2, 0.25) is 11.7 Å². The summed E-state index contributed by atoms with van der Waals surface area (Å²) >= 11 is 0. The molecule has 0 spiro atoms. The topological polar surface area (TPSA) is 126 Å². The summed E-state index contributed by atoms with van der Waals surface area (Å²) in [6, 6.07) is 13.6. The molecule has 43 heavy (non-hydrogen) atoms. The van der Waals surface area contributed by atoms with E-state index in [1.54, 1.807) is 4.90 Å². The summed E-state index contributed by atoms with van der Waals surface area (Å²) in [5.74, 6) is 6.32. The van der Waals surface area contributed by atoms with Gasteiger partial charge in [-0.25, -0.2) is 9.59 Å². The van der Waals surface area contributed by atoms with Crippen molar-refractivity contribution in [2.24, 2.45) is 0 Å². The SMILES string of the molecule is CC1(C)OCc2cc(C3CN(CCCCCCOCCC#Cc4ccc(Cc5[nH]c(=O)[nH]c5O)cc4)C(=O)O3)ccc2O1. The van der Waals surface area contributed by atoms with Gasteiger partial charge in [-0.05, 0) is 48.2 Å². The molecule has 1 atom stereocenters. The number of aromatic nitrogens is 2. The van der Waals surface area contributed by atoms with Crippen LogP contribution in [0.4, 0.5) is 4.79 Å². The van der Waals surface area contributed by atoms with Gasteiger partial charge in [-0.2, -0.15) is 0 Å². The number of hydrogen-bond acceptors (Lipinski definition) is 7. The fourth-order valence-corrected chi connectivity index (χ4v) is 5.12. The Labute approximate surface area is 251 Å². The monoisotopic (exact) mass is 589 g/mol. The molecule has 2 aromatic carbocycles. The van der Waals surface area contributed by atoms with E-state index < -0.39 is 11.5 Å². The minimum atomic E-state index is -0.634. The Kier molecular flexibility index (Phi) is 9.75. The van der Waals surface area contributed by atoms with Crippen LogP contribution in [0.3, 0.4) is 0 Å². The van der Waals surface area contributed by atoms with Gasteiger partial charge in [-0.15, -0.1) is 0 Å². The van der Waals surface area contributed by atoms with Crippen molar-refractivity contribution in [2.75, 3.05) is 26.3 Å². The molecule has 2 aliphatic rings. The van der Waals surface area contributed by atoms with Gasteiger partial charge >= 0.3 is 11.8 Å². The van der Waals surface area contributed by atoms with E-state index in [4.69, 9.17) is 18.9 Å². The first-order chi connectivity index (χ1) is 20.8. The number of benzene rings is 2. The number of aromatic hydroxyl groups is 1. The second kappa shape index (κ2) is 13.8. The Morgan fingerprint density at radius 2 is 1.86 bits per heavy atom. The fourth-order valence-electron chi connectivity index (χ4n) is 5.12. The number of aromatic amines is 2. The number of cyclic esters (lactones) is 1. The first kappa shape index (κ1) is 30.3. The molecule has 0 bridgehead atoms. The van der Waals surface area contributed by atoms with Crippen LogP contribution in [-0.4, -0.2) is 58.2 Å². The highest BCUT2D eigenvalue weighted by Gasteiger charge is 2.33. The first-order valence-electron chi connectivity index (χ1n) is 14.8. The molecular weight excluding hydrogens is 550 g/mol. The molecule has 0 radical (unpaired) electrons. The van der Waals surface area contributed by atoms with E-state index in [0.717, 1.165) is 53.7 Å². The summed E-state index contributed by atoms with van der Waals surface area (Å²) < 4.78 is 23.0. The number of carbonyl (C=O) groups excluding carboxylic acids is 1. The lowest BCUT2D eigenvalue weighted by Crippen LogP contribution is -2.35. The average Bonchev–Trinajstić information content (AvgIpc) is 3.51. The normalized spacial score (nSPS) is 17.1. The van der Waals surface area contributed by atoms with Gasteiger partial charge in [-0.1, -0.05) is 42.9 Å². The van der Waals surface area contributed by atoms with Crippen LogP contribution < -0.4 is 10.4 Å². The molecule has 1 aromatic heterocycles. The maximum atomic E-state index is 12.4. The highest BCUT2D eigenvalue weighted by Crippen LogP contribution is 2.35. The van der Waals surface area contributed by atoms with Gasteiger partial charge in [0.05, 0.1) is 25.5 Å². The van der Waals surface area contributed by atoms with Crippen LogP contribution in [0.1, 0.15) is 80.0 Å². The van der Waals surface area contributed by atoms with E-state index >= 15 is 0 Å². The number of imidazole rings is 1. The molecule has 3 aromatic rings. The van der Waals surface area contributed by atoms with Gasteiger partial charge in [0.1, 0.15) is 11.9 Å². The van der Waals surface area contributed by atoms with Crippen LogP contribution in [-0.2, 0) is 27.2 Å². The number of ether oxygens (including phenoxy) is 4. The average molecular weight is 590 g/mol. The number of fused-ring (bicyclic) bond motifs is 1. The van der Waals surface area contributed by atoms with Crippen LogP contribution in [0.5, 0.6) is 11.6 Å². The van der Waals surface area contributed by atoms with Crippen molar-refractivity contribution in [1.29, 1.82) is 0 Å². The number of rotatable bonds is 12. The van der Waals surface area contributed by atoms with Gasteiger partial charge in [0.25, 0.3) is 0 Å². The molecule has 1 unspecified atom stereocenters. The Hall–Kier alpha value is -4.20. The smallest absolute Gasteiger partial charge is 0.410 e. The maximum Gasteiger partial charge on any atom is 0.410 e. The summed E-state index contributed by atoms with van der Waals surface area (Å²) in [4.78, 5) is 30.3. The van der Waals surface area contributed by atoms with E-state index in [2.05, 4.69) is 21.8 Å². The first-order valence-corrected chi connectivity index (χ1v) is 14.8. The zero-order valence-corrected chi connectivity index (χ0v) is 24.7. The van der Waals surface area contributed by atoms with Gasteiger partial charge in [0.15, 0.2) is 0 Å². The number of unbranched alkanes of at least 4 members (excludes halogenated alkanes) is 3. The zero-order chi connectivity index (χ0) is 30.2. The van der Waals surface area contributed by atoms with E-state index in [1.807, 2.05) is 56.3 Å². The van der Waals surface area contributed by atoms with Gasteiger partial charge < -0.3 is 33.9 Å². The minimum absolute atomic E-state index is 0.130. The fraction of sp³-hybridized carbons (Fsp3) is 0.455. The zero-order valence-electron chi connectivity index (χ0n) is 24.7. The molecule has 0 aliphatic carbocycles. The summed E-state index contributed by atoms with van der Waals surface area (Å²) in [6.45, 7) is 6.78. The van der Waals surface area contributed by atoms with Crippen LogP contribution in [0.25, 0.3) is 0 Å². The number of nitrogens with one attached hydrogen (secondary N) is 2. The van der Waals surface area contributed by atoms with Crippen LogP contribution in [0, 0.1) is 11.8 Å². The highest BCUT2D eigenvalue weighted by atomic mass is 16.7. The molecule has 2 aliphatic heterocycles. The van der Waals surface area contributed by atoms with Crippen molar-refractivity contribution in [3.63, 3.8) is 0 Å². The Balaban J connectivity index is 0.914. The lowest BCUT2D eigenvalue weighted by molar-refractivity contribution is -0.180. The summed E-state index contributed by atoms with van der Waals surface area (Å²) in [5.41, 5.74) is 3.84. The number of H-pyrrole nitrogens is 2. The predicted molar refractivity (Wildman–Crippen MR) is 160 cm³/mol. The van der Waals surface area contributed by atoms with E-state index in [-0.39, 0.29) is 18.1 Å². The Morgan fingerprint density at radius 1 is 1.05 bits per heavy atom. The third kappa shape index (κ3) is 8.43. The molecule has 1 amide bonds. The predicted octanol–water partition coefficient (Wildman–Crippen LogP) is 5.16. The number of carbonyl (C=O) groups is 1. The van der Waals surface area contributed by atoms with Crippen molar-refractivity contribution in [3.8, 4) is 23.5 Å². The molecule has 10 heteroatoms. The largest absolute Gasteiger partial charge is 0.493 e. The third-order valence-electron chi connectivity index (χ3n) is 7.46. The van der Waals surface area contributed by atoms with Gasteiger partial charge in [0, 0.05) is 51.0 Å². The molecule has 1 fully saturated rings. The molecule has 1 saturated heterocycles. The molecule has 3 heterocycles. The van der Waals surface area contributed by atoms with Crippen molar-refractivity contribution < 1.29 is 28.8 Å². The number of hydrogen-bond donors (Lipinski definition) is 3. The number of nitrogens with zero attached hydrogens (tertiary/aromatic N) is 1. The minimum Gasteiger partial charge on any atom is -0.493 e. The second-order valence-corrected chi connectivity index (χ2v) is 11.3. The molecule has 228 valence electrons. The van der Waals surface area contributed by atoms with Crippen molar-refractivity contribution in [1.82, 2.24) is 14.9 Å². The molecule has 3 N–H and O–H groups in total. The van der Waals surface area contributed by atoms with E-state index in [0.29, 0.717) is 51.4 Å². The van der Waals surface area contributed by atoms with E-state index in [1.165, 1.54) is 0 Å². The molecule has 0 saturated carbocycles. The Bertz CT molecular complexity index is 1510. The van der Waals surface area contributed by atoms with Crippen LogP contribution >= 0.6 is 0 Å². The summed E-state index contributed by atoms with van der Waals surface area (Å²) in [6.07, 6.45) is 4.52. The molecule has 5 rings (SSSR count). The highest BCUT2D eigenvalue weighted by molar-refractivity contribution is 5.70. The molecular formula is C33H39N3O7. The Morgan fingerprint density at radius 3 is 2.65 bits per heavy atom. The summed E-state index contributed by atoms with van der Waals surface area (Å²) in [7, 11) is 0. The van der Waals surface area contributed by atoms with E-state index in [9.17, 15) is 14.7 Å². The van der Waals surface area contributed by atoms with Crippen LogP contribution in [0.2, 0.25) is 0 Å².